The highest BCUT2D eigenvalue weighted by Crippen LogP contribution is 2.26. The molecule has 27 heavy (non-hydrogen) atoms. The molecule has 0 atom stereocenters. The van der Waals surface area contributed by atoms with Crippen molar-refractivity contribution in [2.24, 2.45) is 5.92 Å². The fourth-order valence-electron chi connectivity index (χ4n) is 3.88. The lowest BCUT2D eigenvalue weighted by Gasteiger charge is -2.31. The summed E-state index contributed by atoms with van der Waals surface area (Å²) in [6, 6.07) is 14.8. The van der Waals surface area contributed by atoms with Gasteiger partial charge in [-0.3, -0.25) is 14.4 Å². The molecule has 0 unspecified atom stereocenters. The number of aryl methyl sites for hydroxylation is 1. The number of carbonyl (C=O) groups excluding carboxylic acids is 3. The van der Waals surface area contributed by atoms with Crippen LogP contribution in [-0.2, 0) is 11.2 Å². The lowest BCUT2D eigenvalue weighted by atomic mass is 9.88. The molecule has 2 amide bonds. The van der Waals surface area contributed by atoms with E-state index in [1.54, 1.807) is 6.07 Å². The molecular weight excluding hydrogens is 340 g/mol. The van der Waals surface area contributed by atoms with Crippen molar-refractivity contribution in [3.63, 3.8) is 0 Å². The number of likely N-dealkylation sites (tertiary alicyclic amines) is 1. The molecule has 0 aromatic heterocycles. The van der Waals surface area contributed by atoms with E-state index < -0.39 is 0 Å². The summed E-state index contributed by atoms with van der Waals surface area (Å²) in [6.07, 6.45) is 2.51. The van der Waals surface area contributed by atoms with Crippen molar-refractivity contribution in [2.45, 2.75) is 25.7 Å². The summed E-state index contributed by atoms with van der Waals surface area (Å²) < 4.78 is 0. The third-order valence-electron chi connectivity index (χ3n) is 5.46. The van der Waals surface area contributed by atoms with E-state index in [4.69, 9.17) is 0 Å². The van der Waals surface area contributed by atoms with Crippen molar-refractivity contribution >= 4 is 23.3 Å². The molecule has 2 aromatic rings. The van der Waals surface area contributed by atoms with Gasteiger partial charge in [0.05, 0.1) is 0 Å². The Kier molecular flexibility index (Phi) is 4.75. The highest BCUT2D eigenvalue weighted by atomic mass is 16.2. The molecule has 0 radical (unpaired) electrons. The quantitative estimate of drug-likeness (QED) is 0.852. The molecule has 138 valence electrons. The van der Waals surface area contributed by atoms with Crippen molar-refractivity contribution in [2.75, 3.05) is 18.4 Å². The SMILES string of the molecule is O=C1CCc2cc(C(=O)N3CCC(C(=O)c4ccccc4)CC3)ccc2N1. The van der Waals surface area contributed by atoms with Crippen LogP contribution in [-0.4, -0.2) is 35.6 Å². The Morgan fingerprint density at radius 3 is 2.41 bits per heavy atom. The molecule has 2 heterocycles. The van der Waals surface area contributed by atoms with Crippen LogP contribution in [0.4, 0.5) is 5.69 Å². The molecular formula is C22H22N2O3. The predicted molar refractivity (Wildman–Crippen MR) is 103 cm³/mol. The zero-order valence-corrected chi connectivity index (χ0v) is 15.1. The molecule has 0 saturated carbocycles. The van der Waals surface area contributed by atoms with Crippen LogP contribution in [0.15, 0.2) is 48.5 Å². The van der Waals surface area contributed by atoms with Crippen LogP contribution in [0.5, 0.6) is 0 Å². The minimum Gasteiger partial charge on any atom is -0.339 e. The fourth-order valence-corrected chi connectivity index (χ4v) is 3.88. The third-order valence-corrected chi connectivity index (χ3v) is 5.46. The van der Waals surface area contributed by atoms with Gasteiger partial charge in [0.25, 0.3) is 5.91 Å². The van der Waals surface area contributed by atoms with Gasteiger partial charge in [0.15, 0.2) is 5.78 Å². The second-order valence-electron chi connectivity index (χ2n) is 7.22. The van der Waals surface area contributed by atoms with Gasteiger partial charge in [-0.15, -0.1) is 0 Å². The van der Waals surface area contributed by atoms with Crippen LogP contribution < -0.4 is 5.32 Å². The molecule has 0 spiro atoms. The summed E-state index contributed by atoms with van der Waals surface area (Å²) >= 11 is 0. The zero-order chi connectivity index (χ0) is 18.8. The number of carbonyl (C=O) groups is 3. The topological polar surface area (TPSA) is 66.5 Å². The van der Waals surface area contributed by atoms with Gasteiger partial charge in [-0.2, -0.15) is 0 Å². The van der Waals surface area contributed by atoms with E-state index in [0.717, 1.165) is 16.8 Å². The molecule has 5 nitrogen and oxygen atoms in total. The number of hydrogen-bond acceptors (Lipinski definition) is 3. The van der Waals surface area contributed by atoms with Crippen molar-refractivity contribution in [3.05, 3.63) is 65.2 Å². The summed E-state index contributed by atoms with van der Waals surface area (Å²) in [4.78, 5) is 38.7. The van der Waals surface area contributed by atoms with Gasteiger partial charge in [-0.05, 0) is 43.0 Å². The number of rotatable bonds is 3. The van der Waals surface area contributed by atoms with E-state index in [-0.39, 0.29) is 23.5 Å². The highest BCUT2D eigenvalue weighted by Gasteiger charge is 2.28. The molecule has 0 aliphatic carbocycles. The number of hydrogen-bond donors (Lipinski definition) is 1. The number of ketones is 1. The van der Waals surface area contributed by atoms with E-state index in [0.29, 0.717) is 44.3 Å². The van der Waals surface area contributed by atoms with E-state index in [1.165, 1.54) is 0 Å². The first kappa shape index (κ1) is 17.5. The van der Waals surface area contributed by atoms with Gasteiger partial charge in [0, 0.05) is 42.2 Å². The average molecular weight is 362 g/mol. The number of benzene rings is 2. The number of anilines is 1. The van der Waals surface area contributed by atoms with E-state index >= 15 is 0 Å². The summed E-state index contributed by atoms with van der Waals surface area (Å²) in [5.74, 6) is 0.175. The summed E-state index contributed by atoms with van der Waals surface area (Å²) in [6.45, 7) is 1.19. The van der Waals surface area contributed by atoms with Gasteiger partial charge >= 0.3 is 0 Å². The number of amides is 2. The first-order valence-electron chi connectivity index (χ1n) is 9.43. The molecule has 2 aliphatic rings. The molecule has 1 fully saturated rings. The first-order valence-corrected chi connectivity index (χ1v) is 9.43. The van der Waals surface area contributed by atoms with E-state index in [9.17, 15) is 14.4 Å². The van der Waals surface area contributed by atoms with Crippen LogP contribution in [0.2, 0.25) is 0 Å². The maximum atomic E-state index is 12.9. The fraction of sp³-hybridized carbons (Fsp3) is 0.318. The maximum Gasteiger partial charge on any atom is 0.253 e. The highest BCUT2D eigenvalue weighted by molar-refractivity contribution is 5.99. The Balaban J connectivity index is 1.40. The van der Waals surface area contributed by atoms with Crippen LogP contribution in [0.3, 0.4) is 0 Å². The van der Waals surface area contributed by atoms with Gasteiger partial charge in [-0.25, -0.2) is 0 Å². The Labute approximate surface area is 158 Å². The smallest absolute Gasteiger partial charge is 0.253 e. The van der Waals surface area contributed by atoms with Crippen molar-refractivity contribution in [1.29, 1.82) is 0 Å². The van der Waals surface area contributed by atoms with Crippen molar-refractivity contribution < 1.29 is 14.4 Å². The van der Waals surface area contributed by atoms with Gasteiger partial charge in [0.2, 0.25) is 5.91 Å². The van der Waals surface area contributed by atoms with E-state index in [1.807, 2.05) is 47.4 Å². The number of piperidine rings is 1. The molecule has 1 saturated heterocycles. The second kappa shape index (κ2) is 7.35. The standard InChI is InChI=1S/C22H22N2O3/c25-20-9-7-17-14-18(6-8-19(17)23-20)22(27)24-12-10-16(11-13-24)21(26)15-4-2-1-3-5-15/h1-6,8,14,16H,7,9-13H2,(H,23,25). The van der Waals surface area contributed by atoms with E-state index in [2.05, 4.69) is 5.32 Å². The van der Waals surface area contributed by atoms with Crippen LogP contribution in [0.1, 0.15) is 45.5 Å². The molecule has 2 aromatic carbocycles. The van der Waals surface area contributed by atoms with Gasteiger partial charge in [0.1, 0.15) is 0 Å². The lowest BCUT2D eigenvalue weighted by molar-refractivity contribution is -0.116. The minimum absolute atomic E-state index is 0.000287. The summed E-state index contributed by atoms with van der Waals surface area (Å²) in [5.41, 5.74) is 3.21. The lowest BCUT2D eigenvalue weighted by Crippen LogP contribution is -2.40. The van der Waals surface area contributed by atoms with Crippen LogP contribution in [0.25, 0.3) is 0 Å². The van der Waals surface area contributed by atoms with Crippen molar-refractivity contribution in [3.8, 4) is 0 Å². The molecule has 1 N–H and O–H groups in total. The largest absolute Gasteiger partial charge is 0.339 e. The van der Waals surface area contributed by atoms with Gasteiger partial charge in [-0.1, -0.05) is 30.3 Å². The predicted octanol–water partition coefficient (Wildman–Crippen LogP) is 3.31. The Hall–Kier alpha value is -2.95. The van der Waals surface area contributed by atoms with Crippen molar-refractivity contribution in [1.82, 2.24) is 4.90 Å². The minimum atomic E-state index is -0.0183. The number of Topliss-reactive ketones (excluding diaryl/α,β-unsaturated/α-hetero) is 1. The molecule has 4 rings (SSSR count). The van der Waals surface area contributed by atoms with Crippen LogP contribution >= 0.6 is 0 Å². The first-order chi connectivity index (χ1) is 13.1. The zero-order valence-electron chi connectivity index (χ0n) is 15.1. The summed E-state index contributed by atoms with van der Waals surface area (Å²) in [7, 11) is 0. The molecule has 2 aliphatic heterocycles. The monoisotopic (exact) mass is 362 g/mol. The number of fused-ring (bicyclic) bond motifs is 1. The number of nitrogens with one attached hydrogen (secondary N) is 1. The third kappa shape index (κ3) is 3.63. The molecule has 0 bridgehead atoms. The Morgan fingerprint density at radius 1 is 0.926 bits per heavy atom. The summed E-state index contributed by atoms with van der Waals surface area (Å²) in [5, 5.41) is 2.84. The van der Waals surface area contributed by atoms with Crippen LogP contribution in [0, 0.1) is 5.92 Å². The normalized spacial score (nSPS) is 17.2. The maximum absolute atomic E-state index is 12.9. The second-order valence-corrected chi connectivity index (χ2v) is 7.22. The average Bonchev–Trinajstić information content (AvgIpc) is 2.73. The van der Waals surface area contributed by atoms with Gasteiger partial charge < -0.3 is 10.2 Å². The number of nitrogens with zero attached hydrogens (tertiary/aromatic N) is 1. The molecule has 5 heteroatoms. The Bertz CT molecular complexity index is 884. The Morgan fingerprint density at radius 2 is 1.67 bits per heavy atom.